The Morgan fingerprint density at radius 3 is 2.05 bits per heavy atom. The van der Waals surface area contributed by atoms with Crippen molar-refractivity contribution in [2.45, 2.75) is 33.4 Å². The molecule has 8 nitrogen and oxygen atoms in total. The molecule has 3 amide bonds. The average molecular weight is 527 g/mol. The summed E-state index contributed by atoms with van der Waals surface area (Å²) >= 11 is 0. The van der Waals surface area contributed by atoms with Crippen molar-refractivity contribution >= 4 is 23.4 Å². The van der Waals surface area contributed by atoms with Gasteiger partial charge in [-0.05, 0) is 66.9 Å². The second-order valence-electron chi connectivity index (χ2n) is 9.14. The molecule has 3 rings (SSSR count). The van der Waals surface area contributed by atoms with Crippen molar-refractivity contribution in [1.29, 1.82) is 0 Å². The molecule has 1 atom stereocenters. The van der Waals surface area contributed by atoms with Gasteiger partial charge in [0.1, 0.15) is 6.04 Å². The molecule has 0 saturated carbocycles. The van der Waals surface area contributed by atoms with E-state index in [0.717, 1.165) is 16.7 Å². The summed E-state index contributed by atoms with van der Waals surface area (Å²) in [6.45, 7) is 6.62. The van der Waals surface area contributed by atoms with Crippen LogP contribution in [0.15, 0.2) is 78.9 Å². The molecule has 0 unspecified atom stereocenters. The second kappa shape index (κ2) is 15.1. The Balaban J connectivity index is 1.50. The van der Waals surface area contributed by atoms with E-state index < -0.39 is 11.9 Å². The third kappa shape index (κ3) is 9.74. The predicted molar refractivity (Wildman–Crippen MR) is 152 cm³/mol. The molecular weight excluding hydrogens is 492 g/mol. The first-order chi connectivity index (χ1) is 18.9. The maximum atomic E-state index is 12.7. The van der Waals surface area contributed by atoms with E-state index >= 15 is 0 Å². The van der Waals surface area contributed by atoms with E-state index in [-0.39, 0.29) is 24.3 Å². The summed E-state index contributed by atoms with van der Waals surface area (Å²) in [5.41, 5.74) is 6.11. The zero-order valence-electron chi connectivity index (χ0n) is 22.4. The van der Waals surface area contributed by atoms with Gasteiger partial charge in [-0.1, -0.05) is 56.0 Å². The van der Waals surface area contributed by atoms with Crippen molar-refractivity contribution in [2.24, 2.45) is 5.92 Å². The van der Waals surface area contributed by atoms with E-state index in [1.54, 1.807) is 43.3 Å². The number of hydrogen-bond acceptors (Lipinski definition) is 5. The zero-order valence-corrected chi connectivity index (χ0v) is 22.4. The van der Waals surface area contributed by atoms with Gasteiger partial charge in [0.25, 0.3) is 11.8 Å². The number of rotatable bonds is 11. The molecule has 0 saturated heterocycles. The molecule has 0 bridgehead atoms. The third-order valence-corrected chi connectivity index (χ3v) is 5.68. The number of benzene rings is 3. The molecule has 0 fully saturated rings. The number of carbonyl (C=O) groups excluding carboxylic acids is 3. The maximum absolute atomic E-state index is 12.7. The van der Waals surface area contributed by atoms with Crippen LogP contribution in [0.25, 0.3) is 0 Å². The molecule has 8 heteroatoms. The standard InChI is InChI=1S/C31H34N4O4/c1-4-39-35-31(38)29(22(2)3)34-30(37)26-16-12-23(13-17-26)10-11-24-14-18-27(19-15-24)33-28(36)21-32-20-25-8-6-5-7-9-25/h5-9,12-19,22,29,32H,4,20-21H2,1-3H3,(H,33,36)(H,34,37)(H,35,38)/t29-/m0/s1. The highest BCUT2D eigenvalue weighted by molar-refractivity contribution is 5.97. The molecular formula is C31H34N4O4. The van der Waals surface area contributed by atoms with Gasteiger partial charge in [-0.15, -0.1) is 0 Å². The topological polar surface area (TPSA) is 109 Å². The summed E-state index contributed by atoms with van der Waals surface area (Å²) in [5.74, 6) is 5.17. The fourth-order valence-corrected chi connectivity index (χ4v) is 3.57. The van der Waals surface area contributed by atoms with Crippen molar-refractivity contribution in [2.75, 3.05) is 18.5 Å². The zero-order chi connectivity index (χ0) is 28.0. The van der Waals surface area contributed by atoms with E-state index in [2.05, 4.69) is 33.3 Å². The van der Waals surface area contributed by atoms with Gasteiger partial charge in [0, 0.05) is 28.9 Å². The average Bonchev–Trinajstić information content (AvgIpc) is 2.94. The van der Waals surface area contributed by atoms with Crippen LogP contribution >= 0.6 is 0 Å². The molecule has 3 aromatic carbocycles. The normalized spacial score (nSPS) is 11.2. The Hall–Kier alpha value is -4.45. The molecule has 0 heterocycles. The van der Waals surface area contributed by atoms with E-state index in [1.165, 1.54) is 0 Å². The van der Waals surface area contributed by atoms with Gasteiger partial charge < -0.3 is 16.0 Å². The van der Waals surface area contributed by atoms with Crippen LogP contribution in [-0.2, 0) is 21.0 Å². The molecule has 39 heavy (non-hydrogen) atoms. The Labute approximate surface area is 229 Å². The van der Waals surface area contributed by atoms with Crippen LogP contribution in [0.2, 0.25) is 0 Å². The van der Waals surface area contributed by atoms with Crippen LogP contribution in [0.5, 0.6) is 0 Å². The molecule has 0 radical (unpaired) electrons. The minimum absolute atomic E-state index is 0.115. The van der Waals surface area contributed by atoms with E-state index in [9.17, 15) is 14.4 Å². The highest BCUT2D eigenvalue weighted by atomic mass is 16.6. The summed E-state index contributed by atoms with van der Waals surface area (Å²) in [6, 6.07) is 23.3. The van der Waals surface area contributed by atoms with E-state index in [4.69, 9.17) is 4.84 Å². The molecule has 0 spiro atoms. The van der Waals surface area contributed by atoms with Crippen LogP contribution in [0, 0.1) is 17.8 Å². The van der Waals surface area contributed by atoms with Crippen molar-refractivity contribution in [1.82, 2.24) is 16.1 Å². The summed E-state index contributed by atoms with van der Waals surface area (Å²) in [7, 11) is 0. The minimum atomic E-state index is -0.721. The van der Waals surface area contributed by atoms with Crippen LogP contribution in [-0.4, -0.2) is 36.9 Å². The van der Waals surface area contributed by atoms with Crippen molar-refractivity contribution in [3.05, 3.63) is 101 Å². The lowest BCUT2D eigenvalue weighted by Gasteiger charge is -2.21. The summed E-state index contributed by atoms with van der Waals surface area (Å²) in [6.07, 6.45) is 0. The number of carbonyl (C=O) groups is 3. The maximum Gasteiger partial charge on any atom is 0.266 e. The van der Waals surface area contributed by atoms with Gasteiger partial charge >= 0.3 is 0 Å². The molecule has 4 N–H and O–H groups in total. The second-order valence-corrected chi connectivity index (χ2v) is 9.14. The van der Waals surface area contributed by atoms with Gasteiger partial charge in [-0.25, -0.2) is 5.48 Å². The summed E-state index contributed by atoms with van der Waals surface area (Å²) < 4.78 is 0. The Kier molecular flexibility index (Phi) is 11.3. The van der Waals surface area contributed by atoms with Gasteiger partial charge in [-0.3, -0.25) is 19.2 Å². The molecule has 0 aromatic heterocycles. The smallest absolute Gasteiger partial charge is 0.266 e. The first-order valence-electron chi connectivity index (χ1n) is 12.8. The number of anilines is 1. The Bertz CT molecular complexity index is 1290. The van der Waals surface area contributed by atoms with Crippen LogP contribution < -0.4 is 21.4 Å². The minimum Gasteiger partial charge on any atom is -0.340 e. The van der Waals surface area contributed by atoms with Crippen molar-refractivity contribution in [3.8, 4) is 11.8 Å². The lowest BCUT2D eigenvalue weighted by Crippen LogP contribution is -2.49. The third-order valence-electron chi connectivity index (χ3n) is 5.68. The molecule has 0 aliphatic rings. The van der Waals surface area contributed by atoms with Crippen molar-refractivity contribution in [3.63, 3.8) is 0 Å². The number of nitrogens with one attached hydrogen (secondary N) is 4. The summed E-state index contributed by atoms with van der Waals surface area (Å²) in [4.78, 5) is 42.1. The predicted octanol–water partition coefficient (Wildman–Crippen LogP) is 3.64. The van der Waals surface area contributed by atoms with Gasteiger partial charge in [-0.2, -0.15) is 0 Å². The van der Waals surface area contributed by atoms with Crippen molar-refractivity contribution < 1.29 is 19.2 Å². The SMILES string of the molecule is CCONC(=O)[C@@H](NC(=O)c1ccc(C#Cc2ccc(NC(=O)CNCc3ccccc3)cc2)cc1)C(C)C. The lowest BCUT2D eigenvalue weighted by atomic mass is 10.0. The fraction of sp³-hybridized carbons (Fsp3) is 0.258. The Morgan fingerprint density at radius 1 is 0.846 bits per heavy atom. The monoisotopic (exact) mass is 526 g/mol. The molecule has 202 valence electrons. The lowest BCUT2D eigenvalue weighted by molar-refractivity contribution is -0.136. The van der Waals surface area contributed by atoms with Crippen LogP contribution in [0.1, 0.15) is 47.8 Å². The van der Waals surface area contributed by atoms with Crippen LogP contribution in [0.4, 0.5) is 5.69 Å². The largest absolute Gasteiger partial charge is 0.340 e. The van der Waals surface area contributed by atoms with Gasteiger partial charge in [0.15, 0.2) is 0 Å². The van der Waals surface area contributed by atoms with Gasteiger partial charge in [0.2, 0.25) is 5.91 Å². The molecule has 3 aromatic rings. The molecule has 0 aliphatic heterocycles. The van der Waals surface area contributed by atoms with E-state index in [0.29, 0.717) is 24.4 Å². The summed E-state index contributed by atoms with van der Waals surface area (Å²) in [5, 5.41) is 8.75. The fourth-order valence-electron chi connectivity index (χ4n) is 3.57. The highest BCUT2D eigenvalue weighted by Gasteiger charge is 2.24. The first-order valence-corrected chi connectivity index (χ1v) is 12.8. The quantitative estimate of drug-likeness (QED) is 0.225. The van der Waals surface area contributed by atoms with Crippen LogP contribution in [0.3, 0.4) is 0 Å². The molecule has 0 aliphatic carbocycles. The number of amides is 3. The number of hydroxylamine groups is 1. The van der Waals surface area contributed by atoms with E-state index in [1.807, 2.05) is 56.3 Å². The highest BCUT2D eigenvalue weighted by Crippen LogP contribution is 2.10. The number of hydrogen-bond donors (Lipinski definition) is 4. The Morgan fingerprint density at radius 2 is 1.46 bits per heavy atom. The van der Waals surface area contributed by atoms with Gasteiger partial charge in [0.05, 0.1) is 13.2 Å². The first kappa shape index (κ1) is 29.1.